The summed E-state index contributed by atoms with van der Waals surface area (Å²) in [6.07, 6.45) is 0. The topological polar surface area (TPSA) is 92.9 Å². The Bertz CT molecular complexity index is 624. The largest absolute Gasteiger partial charge is 0.326 e. The summed E-state index contributed by atoms with van der Waals surface area (Å²) in [4.78, 5) is 19.9. The van der Waals surface area contributed by atoms with E-state index in [1.165, 1.54) is 6.92 Å². The first kappa shape index (κ1) is 13.2. The van der Waals surface area contributed by atoms with Crippen LogP contribution in [-0.2, 0) is 4.79 Å². The number of hydrogen-bond donors (Lipinski definition) is 3. The minimum Gasteiger partial charge on any atom is -0.326 e. The molecule has 0 saturated carbocycles. The molecule has 2 rings (SSSR count). The molecule has 1 amide bonds. The Kier molecular flexibility index (Phi) is 3.62. The second kappa shape index (κ2) is 5.19. The number of anilines is 2. The number of nitrogens with one attached hydrogen (secondary N) is 2. The quantitative estimate of drug-likeness (QED) is 0.579. The lowest BCUT2D eigenvalue weighted by molar-refractivity contribution is -0.114. The Balaban J connectivity index is 2.58. The fraction of sp³-hybridized carbons (Fsp3) is 0.308. The molecule has 6 heteroatoms. The van der Waals surface area contributed by atoms with E-state index in [1.54, 1.807) is 12.1 Å². The number of aromatic nitrogens is 2. The van der Waals surface area contributed by atoms with Crippen molar-refractivity contribution >= 4 is 28.3 Å². The highest BCUT2D eigenvalue weighted by Gasteiger charge is 2.10. The minimum atomic E-state index is -0.124. The van der Waals surface area contributed by atoms with Crippen molar-refractivity contribution in [1.29, 1.82) is 0 Å². The third kappa shape index (κ3) is 2.79. The van der Waals surface area contributed by atoms with Gasteiger partial charge in [0.25, 0.3) is 0 Å². The Hall–Kier alpha value is -2.21. The summed E-state index contributed by atoms with van der Waals surface area (Å²) in [6.45, 7) is 5.50. The maximum Gasteiger partial charge on any atom is 0.221 e. The van der Waals surface area contributed by atoms with Gasteiger partial charge in [0.15, 0.2) is 5.82 Å². The van der Waals surface area contributed by atoms with Gasteiger partial charge in [-0.2, -0.15) is 0 Å². The fourth-order valence-electron chi connectivity index (χ4n) is 1.80. The number of nitrogens with zero attached hydrogens (tertiary/aromatic N) is 2. The molecule has 0 aliphatic rings. The molecule has 0 unspecified atom stereocenters. The number of nitrogens with two attached hydrogens (primary N) is 1. The molecule has 0 aliphatic carbocycles. The summed E-state index contributed by atoms with van der Waals surface area (Å²) in [5.74, 6) is 6.89. The lowest BCUT2D eigenvalue weighted by Crippen LogP contribution is -2.12. The summed E-state index contributed by atoms with van der Waals surface area (Å²) in [5, 5.41) is 3.50. The van der Waals surface area contributed by atoms with Gasteiger partial charge in [0.05, 0.1) is 5.52 Å². The molecule has 0 fully saturated rings. The lowest BCUT2D eigenvalue weighted by Gasteiger charge is -2.11. The van der Waals surface area contributed by atoms with Gasteiger partial charge in [0, 0.05) is 23.9 Å². The van der Waals surface area contributed by atoms with E-state index in [0.717, 1.165) is 16.7 Å². The number of carbonyl (C=O) groups is 1. The predicted molar refractivity (Wildman–Crippen MR) is 75.7 cm³/mol. The first-order valence-electron chi connectivity index (χ1n) is 6.07. The van der Waals surface area contributed by atoms with Gasteiger partial charge in [-0.3, -0.25) is 4.79 Å². The van der Waals surface area contributed by atoms with E-state index >= 15 is 0 Å². The van der Waals surface area contributed by atoms with Crippen molar-refractivity contribution in [3.05, 3.63) is 24.0 Å². The summed E-state index contributed by atoms with van der Waals surface area (Å²) in [5.41, 5.74) is 4.07. The van der Waals surface area contributed by atoms with E-state index < -0.39 is 0 Å². The van der Waals surface area contributed by atoms with Crippen LogP contribution in [-0.4, -0.2) is 15.9 Å². The van der Waals surface area contributed by atoms with Crippen LogP contribution in [0.5, 0.6) is 0 Å². The average molecular weight is 259 g/mol. The molecule has 0 spiro atoms. The van der Waals surface area contributed by atoms with Gasteiger partial charge in [0.1, 0.15) is 5.82 Å². The third-order valence-corrected chi connectivity index (χ3v) is 2.69. The number of rotatable bonds is 3. The number of benzene rings is 1. The molecule has 2 aromatic rings. The zero-order valence-electron chi connectivity index (χ0n) is 11.2. The molecule has 0 radical (unpaired) electrons. The first-order valence-corrected chi connectivity index (χ1v) is 6.07. The molecular formula is C13H17N5O. The van der Waals surface area contributed by atoms with Crippen LogP contribution in [0.4, 0.5) is 11.5 Å². The molecule has 1 aromatic heterocycles. The molecule has 1 heterocycles. The zero-order chi connectivity index (χ0) is 14.0. The van der Waals surface area contributed by atoms with Crippen LogP contribution in [0, 0.1) is 0 Å². The van der Waals surface area contributed by atoms with Crippen LogP contribution in [0.2, 0.25) is 0 Å². The highest BCUT2D eigenvalue weighted by atomic mass is 16.1. The number of carbonyl (C=O) groups excluding carboxylic acids is 1. The Morgan fingerprint density at radius 2 is 2.05 bits per heavy atom. The minimum absolute atomic E-state index is 0.124. The van der Waals surface area contributed by atoms with Crippen LogP contribution in [0.3, 0.4) is 0 Å². The third-order valence-electron chi connectivity index (χ3n) is 2.69. The number of amides is 1. The van der Waals surface area contributed by atoms with Crippen molar-refractivity contribution in [3.8, 4) is 0 Å². The molecule has 0 saturated heterocycles. The average Bonchev–Trinajstić information content (AvgIpc) is 2.36. The second-order valence-electron chi connectivity index (χ2n) is 4.64. The molecule has 0 bridgehead atoms. The van der Waals surface area contributed by atoms with Crippen LogP contribution in [0.1, 0.15) is 32.5 Å². The molecule has 1 aromatic carbocycles. The van der Waals surface area contributed by atoms with E-state index in [2.05, 4.69) is 20.7 Å². The van der Waals surface area contributed by atoms with Gasteiger partial charge in [-0.15, -0.1) is 0 Å². The van der Waals surface area contributed by atoms with Gasteiger partial charge < -0.3 is 10.7 Å². The highest BCUT2D eigenvalue weighted by molar-refractivity contribution is 5.95. The van der Waals surface area contributed by atoms with Crippen molar-refractivity contribution in [2.24, 2.45) is 5.84 Å². The Labute approximate surface area is 111 Å². The molecule has 0 aliphatic heterocycles. The monoisotopic (exact) mass is 259 g/mol. The van der Waals surface area contributed by atoms with E-state index in [0.29, 0.717) is 11.5 Å². The molecule has 0 atom stereocenters. The Morgan fingerprint density at radius 1 is 1.32 bits per heavy atom. The van der Waals surface area contributed by atoms with Crippen molar-refractivity contribution < 1.29 is 4.79 Å². The summed E-state index contributed by atoms with van der Waals surface area (Å²) >= 11 is 0. The zero-order valence-corrected chi connectivity index (χ0v) is 11.2. The van der Waals surface area contributed by atoms with Gasteiger partial charge in [0.2, 0.25) is 5.91 Å². The number of hydrogen-bond acceptors (Lipinski definition) is 5. The Morgan fingerprint density at radius 3 is 2.63 bits per heavy atom. The van der Waals surface area contributed by atoms with Crippen LogP contribution < -0.4 is 16.6 Å². The maximum absolute atomic E-state index is 11.1. The van der Waals surface area contributed by atoms with Crippen molar-refractivity contribution in [2.45, 2.75) is 26.7 Å². The highest BCUT2D eigenvalue weighted by Crippen LogP contribution is 2.25. The maximum atomic E-state index is 11.1. The summed E-state index contributed by atoms with van der Waals surface area (Å²) in [7, 11) is 0. The molecule has 6 nitrogen and oxygen atoms in total. The number of nitrogen functional groups attached to an aromatic ring is 1. The van der Waals surface area contributed by atoms with Gasteiger partial charge >= 0.3 is 0 Å². The first-order chi connectivity index (χ1) is 9.01. The van der Waals surface area contributed by atoms with Gasteiger partial charge in [-0.1, -0.05) is 13.8 Å². The molecule has 19 heavy (non-hydrogen) atoms. The van der Waals surface area contributed by atoms with Crippen molar-refractivity contribution in [3.63, 3.8) is 0 Å². The SMILES string of the molecule is CC(=O)Nc1ccc2nc(C(C)C)nc(NN)c2c1. The summed E-state index contributed by atoms with van der Waals surface area (Å²) < 4.78 is 0. The van der Waals surface area contributed by atoms with E-state index in [9.17, 15) is 4.79 Å². The van der Waals surface area contributed by atoms with Crippen molar-refractivity contribution in [2.75, 3.05) is 10.7 Å². The molecular weight excluding hydrogens is 242 g/mol. The van der Waals surface area contributed by atoms with E-state index in [-0.39, 0.29) is 11.8 Å². The normalized spacial score (nSPS) is 10.8. The van der Waals surface area contributed by atoms with Crippen LogP contribution in [0.25, 0.3) is 10.9 Å². The van der Waals surface area contributed by atoms with Gasteiger partial charge in [-0.05, 0) is 18.2 Å². The molecule has 100 valence electrons. The standard InChI is InChI=1S/C13H17N5O/c1-7(2)12-16-11-5-4-9(15-8(3)19)6-10(11)13(17-12)18-14/h4-7H,14H2,1-3H3,(H,15,19)(H,16,17,18). The van der Waals surface area contributed by atoms with Gasteiger partial charge in [-0.25, -0.2) is 15.8 Å². The smallest absolute Gasteiger partial charge is 0.221 e. The molecule has 4 N–H and O–H groups in total. The van der Waals surface area contributed by atoms with E-state index in [1.807, 2.05) is 19.9 Å². The predicted octanol–water partition coefficient (Wildman–Crippen LogP) is 2.00. The van der Waals surface area contributed by atoms with Crippen molar-refractivity contribution in [1.82, 2.24) is 9.97 Å². The number of fused-ring (bicyclic) bond motifs is 1. The fourth-order valence-corrected chi connectivity index (χ4v) is 1.80. The van der Waals surface area contributed by atoms with Crippen LogP contribution in [0.15, 0.2) is 18.2 Å². The van der Waals surface area contributed by atoms with E-state index in [4.69, 9.17) is 5.84 Å². The second-order valence-corrected chi connectivity index (χ2v) is 4.64. The lowest BCUT2D eigenvalue weighted by atomic mass is 10.1. The van der Waals surface area contributed by atoms with Crippen LogP contribution >= 0.6 is 0 Å². The number of hydrazine groups is 1. The summed E-state index contributed by atoms with van der Waals surface area (Å²) in [6, 6.07) is 5.45.